The highest BCUT2D eigenvalue weighted by Crippen LogP contribution is 2.18. The Kier molecular flexibility index (Phi) is 3.94. The molecule has 1 aromatic rings. The summed E-state index contributed by atoms with van der Waals surface area (Å²) in [7, 11) is 0. The summed E-state index contributed by atoms with van der Waals surface area (Å²) in [4.78, 5) is 24.2. The quantitative estimate of drug-likeness (QED) is 0.847. The summed E-state index contributed by atoms with van der Waals surface area (Å²) >= 11 is 0. The zero-order valence-electron chi connectivity index (χ0n) is 10.3. The van der Waals surface area contributed by atoms with E-state index in [4.69, 9.17) is 5.11 Å². The topological polar surface area (TPSA) is 57.6 Å². The van der Waals surface area contributed by atoms with Gasteiger partial charge in [-0.25, -0.2) is 9.18 Å². The van der Waals surface area contributed by atoms with Crippen molar-refractivity contribution >= 4 is 18.0 Å². The molecule has 4 nitrogen and oxygen atoms in total. The number of carbonyl (C=O) groups excluding carboxylic acids is 1. The van der Waals surface area contributed by atoms with Crippen molar-refractivity contribution in [3.05, 3.63) is 41.7 Å². The molecule has 0 saturated carbocycles. The molecule has 19 heavy (non-hydrogen) atoms. The third-order valence-corrected chi connectivity index (χ3v) is 3.11. The number of halogens is 1. The van der Waals surface area contributed by atoms with Crippen LogP contribution in [0.5, 0.6) is 0 Å². The van der Waals surface area contributed by atoms with Crippen molar-refractivity contribution in [1.82, 2.24) is 4.90 Å². The standard InChI is InChI=1S/C14H14FNO3/c15-11-6-3-10(4-7-11)5-8-13(17)16-9-1-2-12(16)14(18)19/h3-8,12H,1-2,9H2,(H,18,19)/b8-5+/t12-/m1/s1. The fourth-order valence-electron chi connectivity index (χ4n) is 2.12. The summed E-state index contributed by atoms with van der Waals surface area (Å²) in [6.45, 7) is 0.462. The SMILES string of the molecule is O=C(O)[C@H]1CCCN1C(=O)/C=C/c1ccc(F)cc1. The van der Waals surface area contributed by atoms with E-state index in [1.54, 1.807) is 18.2 Å². The van der Waals surface area contributed by atoms with Crippen LogP contribution in [0.15, 0.2) is 30.3 Å². The van der Waals surface area contributed by atoms with Gasteiger partial charge in [0.05, 0.1) is 0 Å². The highest BCUT2D eigenvalue weighted by molar-refractivity contribution is 5.94. The van der Waals surface area contributed by atoms with Gasteiger partial charge in [0.25, 0.3) is 0 Å². The number of nitrogens with zero attached hydrogens (tertiary/aromatic N) is 1. The van der Waals surface area contributed by atoms with Gasteiger partial charge in [-0.2, -0.15) is 0 Å². The fourth-order valence-corrected chi connectivity index (χ4v) is 2.12. The van der Waals surface area contributed by atoms with Gasteiger partial charge in [0, 0.05) is 12.6 Å². The van der Waals surface area contributed by atoms with Crippen molar-refractivity contribution in [2.45, 2.75) is 18.9 Å². The molecule has 0 aliphatic carbocycles. The monoisotopic (exact) mass is 263 g/mol. The third kappa shape index (κ3) is 3.19. The molecule has 0 bridgehead atoms. The molecular weight excluding hydrogens is 249 g/mol. The number of aliphatic carboxylic acids is 1. The molecule has 0 spiro atoms. The number of benzene rings is 1. The van der Waals surface area contributed by atoms with E-state index in [9.17, 15) is 14.0 Å². The van der Waals surface area contributed by atoms with Crippen molar-refractivity contribution in [3.63, 3.8) is 0 Å². The average Bonchev–Trinajstić information content (AvgIpc) is 2.87. The van der Waals surface area contributed by atoms with Crippen molar-refractivity contribution in [2.24, 2.45) is 0 Å². The van der Waals surface area contributed by atoms with Gasteiger partial charge >= 0.3 is 5.97 Å². The maximum Gasteiger partial charge on any atom is 0.326 e. The predicted molar refractivity (Wildman–Crippen MR) is 67.8 cm³/mol. The number of carboxylic acid groups (broad SMARTS) is 1. The first-order valence-corrected chi connectivity index (χ1v) is 6.05. The number of hydrogen-bond acceptors (Lipinski definition) is 2. The molecule has 5 heteroatoms. The highest BCUT2D eigenvalue weighted by Gasteiger charge is 2.32. The number of rotatable bonds is 3. The summed E-state index contributed by atoms with van der Waals surface area (Å²) in [5, 5.41) is 8.99. The van der Waals surface area contributed by atoms with Gasteiger partial charge in [0.1, 0.15) is 11.9 Å². The molecule has 1 amide bonds. The summed E-state index contributed by atoms with van der Waals surface area (Å²) in [6, 6.07) is 4.99. The van der Waals surface area contributed by atoms with Crippen LogP contribution in [-0.4, -0.2) is 34.5 Å². The molecule has 1 N–H and O–H groups in total. The minimum Gasteiger partial charge on any atom is -0.480 e. The zero-order chi connectivity index (χ0) is 13.8. The minimum absolute atomic E-state index is 0.325. The maximum atomic E-state index is 12.7. The second kappa shape index (κ2) is 5.65. The second-order valence-corrected chi connectivity index (χ2v) is 4.41. The molecule has 1 aromatic carbocycles. The average molecular weight is 263 g/mol. The van der Waals surface area contributed by atoms with Crippen molar-refractivity contribution in [2.75, 3.05) is 6.54 Å². The van der Waals surface area contributed by atoms with Crippen LogP contribution in [0, 0.1) is 5.82 Å². The molecule has 1 heterocycles. The molecule has 0 unspecified atom stereocenters. The van der Waals surface area contributed by atoms with Gasteiger partial charge in [-0.05, 0) is 36.6 Å². The first-order valence-electron chi connectivity index (χ1n) is 6.05. The van der Waals surface area contributed by atoms with Crippen molar-refractivity contribution < 1.29 is 19.1 Å². The maximum absolute atomic E-state index is 12.7. The zero-order valence-corrected chi connectivity index (χ0v) is 10.3. The minimum atomic E-state index is -0.971. The largest absolute Gasteiger partial charge is 0.480 e. The molecule has 1 fully saturated rings. The van der Waals surface area contributed by atoms with Crippen LogP contribution in [0.3, 0.4) is 0 Å². The fraction of sp³-hybridized carbons (Fsp3) is 0.286. The van der Waals surface area contributed by atoms with E-state index < -0.39 is 12.0 Å². The summed E-state index contributed by atoms with van der Waals surface area (Å²) in [5.74, 6) is -1.63. The number of carbonyl (C=O) groups is 2. The van der Waals surface area contributed by atoms with Crippen LogP contribution in [0.25, 0.3) is 6.08 Å². The van der Waals surface area contributed by atoms with Crippen molar-refractivity contribution in [1.29, 1.82) is 0 Å². The molecular formula is C14H14FNO3. The Hall–Kier alpha value is -2.17. The number of carboxylic acids is 1. The molecule has 1 saturated heterocycles. The molecule has 0 radical (unpaired) electrons. The van der Waals surface area contributed by atoms with Gasteiger partial charge in [-0.1, -0.05) is 12.1 Å². The third-order valence-electron chi connectivity index (χ3n) is 3.11. The van der Waals surface area contributed by atoms with Crippen LogP contribution in [0.2, 0.25) is 0 Å². The lowest BCUT2D eigenvalue weighted by molar-refractivity contribution is -0.146. The Balaban J connectivity index is 2.04. The van der Waals surface area contributed by atoms with Gasteiger partial charge in [0.2, 0.25) is 5.91 Å². The van der Waals surface area contributed by atoms with E-state index in [-0.39, 0.29) is 11.7 Å². The first-order chi connectivity index (χ1) is 9.08. The van der Waals surface area contributed by atoms with Crippen LogP contribution < -0.4 is 0 Å². The predicted octanol–water partition coefficient (Wildman–Crippen LogP) is 1.91. The van der Waals surface area contributed by atoms with Crippen molar-refractivity contribution in [3.8, 4) is 0 Å². The Labute approximate surface area is 110 Å². The van der Waals surface area contributed by atoms with Crippen LogP contribution >= 0.6 is 0 Å². The Morgan fingerprint density at radius 3 is 2.63 bits per heavy atom. The van der Waals surface area contributed by atoms with E-state index in [1.807, 2.05) is 0 Å². The van der Waals surface area contributed by atoms with Gasteiger partial charge in [0.15, 0.2) is 0 Å². The van der Waals surface area contributed by atoms with Crippen LogP contribution in [0.4, 0.5) is 4.39 Å². The molecule has 1 aliphatic heterocycles. The van der Waals surface area contributed by atoms with E-state index in [2.05, 4.69) is 0 Å². The van der Waals surface area contributed by atoms with Gasteiger partial charge in [-0.3, -0.25) is 4.79 Å². The smallest absolute Gasteiger partial charge is 0.326 e. The van der Waals surface area contributed by atoms with E-state index in [1.165, 1.54) is 23.1 Å². The molecule has 1 atom stereocenters. The number of amides is 1. The highest BCUT2D eigenvalue weighted by atomic mass is 19.1. The van der Waals surface area contributed by atoms with Crippen LogP contribution in [-0.2, 0) is 9.59 Å². The molecule has 100 valence electrons. The first kappa shape index (κ1) is 13.3. The Morgan fingerprint density at radius 1 is 1.32 bits per heavy atom. The molecule has 1 aliphatic rings. The summed E-state index contributed by atoms with van der Waals surface area (Å²) < 4.78 is 12.7. The lowest BCUT2D eigenvalue weighted by Crippen LogP contribution is -2.39. The van der Waals surface area contributed by atoms with E-state index in [0.29, 0.717) is 24.9 Å². The Morgan fingerprint density at radius 2 is 2.00 bits per heavy atom. The van der Waals surface area contributed by atoms with E-state index >= 15 is 0 Å². The van der Waals surface area contributed by atoms with E-state index in [0.717, 1.165) is 0 Å². The Bertz CT molecular complexity index is 510. The lowest BCUT2D eigenvalue weighted by Gasteiger charge is -2.19. The van der Waals surface area contributed by atoms with Gasteiger partial charge in [-0.15, -0.1) is 0 Å². The molecule has 2 rings (SSSR count). The number of hydrogen-bond donors (Lipinski definition) is 1. The second-order valence-electron chi connectivity index (χ2n) is 4.41. The summed E-state index contributed by atoms with van der Waals surface area (Å²) in [5.41, 5.74) is 0.695. The normalized spacial score (nSPS) is 19.0. The van der Waals surface area contributed by atoms with Gasteiger partial charge < -0.3 is 10.0 Å². The van der Waals surface area contributed by atoms with Crippen LogP contribution in [0.1, 0.15) is 18.4 Å². The molecule has 0 aromatic heterocycles. The lowest BCUT2D eigenvalue weighted by atomic mass is 10.2. The number of likely N-dealkylation sites (tertiary alicyclic amines) is 1. The summed E-state index contributed by atoms with van der Waals surface area (Å²) in [6.07, 6.45) is 4.08.